The first-order valence-electron chi connectivity index (χ1n) is 4.46. The van der Waals surface area contributed by atoms with Crippen molar-refractivity contribution in [2.75, 3.05) is 0 Å². The van der Waals surface area contributed by atoms with Gasteiger partial charge in [0, 0.05) is 5.38 Å². The van der Waals surface area contributed by atoms with E-state index in [1.807, 2.05) is 18.4 Å². The first kappa shape index (κ1) is 9.80. The molecule has 5 nitrogen and oxygen atoms in total. The van der Waals surface area contributed by atoms with Gasteiger partial charge in [0.2, 0.25) is 0 Å². The van der Waals surface area contributed by atoms with Crippen molar-refractivity contribution in [2.24, 2.45) is 0 Å². The van der Waals surface area contributed by atoms with E-state index < -0.39 is 0 Å². The molecule has 2 aromatic heterocycles. The zero-order chi connectivity index (χ0) is 10.7. The number of hydrogen-bond acceptors (Lipinski definition) is 5. The largest absolute Gasteiger partial charge is 0.263 e. The molecule has 6 heteroatoms. The summed E-state index contributed by atoms with van der Waals surface area (Å²) >= 11 is 1.62. The normalized spacial score (nSPS) is 10.1. The van der Waals surface area contributed by atoms with Gasteiger partial charge in [-0.1, -0.05) is 0 Å². The highest BCUT2D eigenvalue weighted by molar-refractivity contribution is 7.09. The molecular formula is C9H9N5S. The average Bonchev–Trinajstić information content (AvgIpc) is 2.78. The number of thiazole rings is 1. The molecule has 2 aromatic rings. The van der Waals surface area contributed by atoms with E-state index >= 15 is 0 Å². The Balaban J connectivity index is 2.08. The molecule has 0 unspecified atom stereocenters. The molecule has 0 spiro atoms. The highest BCUT2D eigenvalue weighted by Gasteiger charge is 2.05. The third-order valence-corrected chi connectivity index (χ3v) is 2.65. The van der Waals surface area contributed by atoms with Crippen molar-refractivity contribution < 1.29 is 0 Å². The van der Waals surface area contributed by atoms with Crippen LogP contribution in [0, 0.1) is 18.3 Å². The smallest absolute Gasteiger partial charge is 0.164 e. The predicted octanol–water partition coefficient (Wildman–Crippen LogP) is 1.23. The lowest BCUT2D eigenvalue weighted by atomic mass is 10.3. The van der Waals surface area contributed by atoms with E-state index in [1.54, 1.807) is 11.3 Å². The van der Waals surface area contributed by atoms with Crippen LogP contribution in [0.4, 0.5) is 0 Å². The Morgan fingerprint density at radius 1 is 1.53 bits per heavy atom. The second kappa shape index (κ2) is 4.19. The van der Waals surface area contributed by atoms with Crippen LogP contribution in [-0.4, -0.2) is 20.2 Å². The molecule has 0 aliphatic heterocycles. The van der Waals surface area contributed by atoms with E-state index in [0.717, 1.165) is 16.5 Å². The van der Waals surface area contributed by atoms with Gasteiger partial charge in [0.05, 0.1) is 29.6 Å². The standard InChI is InChI=1S/C9H9N5S/c1-6-11-7(5-15-6)4-9-12-8(2-3-10)13-14-9/h5H,2,4H2,1H3,(H,12,13,14). The van der Waals surface area contributed by atoms with E-state index in [0.29, 0.717) is 12.2 Å². The van der Waals surface area contributed by atoms with Crippen molar-refractivity contribution in [1.29, 1.82) is 5.26 Å². The number of aryl methyl sites for hydroxylation is 1. The van der Waals surface area contributed by atoms with Crippen molar-refractivity contribution in [3.63, 3.8) is 0 Å². The second-order valence-electron chi connectivity index (χ2n) is 3.07. The minimum Gasteiger partial charge on any atom is -0.263 e. The molecule has 1 N–H and O–H groups in total. The Hall–Kier alpha value is -1.74. The third-order valence-electron chi connectivity index (χ3n) is 1.83. The molecule has 2 heterocycles. The summed E-state index contributed by atoms with van der Waals surface area (Å²) in [5.74, 6) is 1.30. The number of aromatic amines is 1. The van der Waals surface area contributed by atoms with Crippen LogP contribution >= 0.6 is 11.3 Å². The Bertz CT molecular complexity index is 493. The molecule has 0 saturated heterocycles. The molecule has 0 aliphatic rings. The molecule has 0 aliphatic carbocycles. The van der Waals surface area contributed by atoms with Gasteiger partial charge in [-0.25, -0.2) is 9.97 Å². The van der Waals surface area contributed by atoms with Gasteiger partial charge in [0.1, 0.15) is 5.82 Å². The van der Waals surface area contributed by atoms with Gasteiger partial charge in [-0.05, 0) is 6.92 Å². The zero-order valence-electron chi connectivity index (χ0n) is 8.19. The van der Waals surface area contributed by atoms with Crippen LogP contribution in [0.15, 0.2) is 5.38 Å². The summed E-state index contributed by atoms with van der Waals surface area (Å²) < 4.78 is 0. The minimum absolute atomic E-state index is 0.243. The lowest BCUT2D eigenvalue weighted by Gasteiger charge is -1.89. The van der Waals surface area contributed by atoms with Crippen molar-refractivity contribution in [3.05, 3.63) is 27.7 Å². The lowest BCUT2D eigenvalue weighted by molar-refractivity contribution is 0.944. The number of nitrogens with one attached hydrogen (secondary N) is 1. The molecular weight excluding hydrogens is 210 g/mol. The number of H-pyrrole nitrogens is 1. The number of nitrogens with zero attached hydrogens (tertiary/aromatic N) is 4. The maximum absolute atomic E-state index is 8.47. The van der Waals surface area contributed by atoms with Crippen LogP contribution in [0.2, 0.25) is 0 Å². The van der Waals surface area contributed by atoms with Crippen LogP contribution in [0.3, 0.4) is 0 Å². The molecule has 0 atom stereocenters. The molecule has 0 amide bonds. The summed E-state index contributed by atoms with van der Waals surface area (Å²) in [6.45, 7) is 1.97. The molecule has 0 bridgehead atoms. The molecule has 0 fully saturated rings. The van der Waals surface area contributed by atoms with Gasteiger partial charge in [0.15, 0.2) is 5.82 Å². The number of rotatable bonds is 3. The second-order valence-corrected chi connectivity index (χ2v) is 4.13. The summed E-state index contributed by atoms with van der Waals surface area (Å²) in [6, 6.07) is 2.01. The molecule has 76 valence electrons. The maximum atomic E-state index is 8.47. The highest BCUT2D eigenvalue weighted by atomic mass is 32.1. The van der Waals surface area contributed by atoms with Gasteiger partial charge in [-0.15, -0.1) is 11.3 Å². The number of nitriles is 1. The van der Waals surface area contributed by atoms with E-state index in [9.17, 15) is 0 Å². The minimum atomic E-state index is 0.243. The van der Waals surface area contributed by atoms with Gasteiger partial charge < -0.3 is 0 Å². The quantitative estimate of drug-likeness (QED) is 0.842. The monoisotopic (exact) mass is 219 g/mol. The van der Waals surface area contributed by atoms with E-state index in [-0.39, 0.29) is 6.42 Å². The maximum Gasteiger partial charge on any atom is 0.164 e. The van der Waals surface area contributed by atoms with E-state index in [4.69, 9.17) is 5.26 Å². The van der Waals surface area contributed by atoms with Gasteiger partial charge in [-0.3, -0.25) is 5.10 Å². The number of hydrogen-bond donors (Lipinski definition) is 1. The van der Waals surface area contributed by atoms with Gasteiger partial charge >= 0.3 is 0 Å². The number of aromatic nitrogens is 4. The Morgan fingerprint density at radius 2 is 2.40 bits per heavy atom. The SMILES string of the molecule is Cc1nc(Cc2nc(CC#N)n[nH]2)cs1. The Labute approximate surface area is 90.8 Å². The fourth-order valence-electron chi connectivity index (χ4n) is 1.22. The summed E-state index contributed by atoms with van der Waals surface area (Å²) in [4.78, 5) is 8.51. The molecule has 0 aromatic carbocycles. The fourth-order valence-corrected chi connectivity index (χ4v) is 1.84. The molecule has 0 radical (unpaired) electrons. The first-order valence-corrected chi connectivity index (χ1v) is 5.34. The fraction of sp³-hybridized carbons (Fsp3) is 0.333. The van der Waals surface area contributed by atoms with Gasteiger partial charge in [-0.2, -0.15) is 10.4 Å². The summed E-state index contributed by atoms with van der Waals surface area (Å²) in [5.41, 5.74) is 0.983. The molecule has 0 saturated carbocycles. The predicted molar refractivity (Wildman–Crippen MR) is 55.4 cm³/mol. The zero-order valence-corrected chi connectivity index (χ0v) is 9.01. The third kappa shape index (κ3) is 2.39. The molecule has 15 heavy (non-hydrogen) atoms. The van der Waals surface area contributed by atoms with E-state index in [2.05, 4.69) is 20.2 Å². The van der Waals surface area contributed by atoms with Crippen molar-refractivity contribution in [1.82, 2.24) is 20.2 Å². The summed E-state index contributed by atoms with van der Waals surface area (Å²) in [7, 11) is 0. The Morgan fingerprint density at radius 3 is 3.07 bits per heavy atom. The lowest BCUT2D eigenvalue weighted by Crippen LogP contribution is -1.91. The van der Waals surface area contributed by atoms with Crippen LogP contribution < -0.4 is 0 Å². The summed E-state index contributed by atoms with van der Waals surface area (Å²) in [6.07, 6.45) is 0.884. The topological polar surface area (TPSA) is 78.2 Å². The highest BCUT2D eigenvalue weighted by Crippen LogP contribution is 2.10. The Kier molecular flexibility index (Phi) is 2.74. The average molecular weight is 219 g/mol. The van der Waals surface area contributed by atoms with Crippen molar-refractivity contribution in [3.8, 4) is 6.07 Å². The van der Waals surface area contributed by atoms with Crippen LogP contribution in [-0.2, 0) is 12.8 Å². The van der Waals surface area contributed by atoms with Crippen LogP contribution in [0.1, 0.15) is 22.4 Å². The van der Waals surface area contributed by atoms with Crippen molar-refractivity contribution >= 4 is 11.3 Å². The first-order chi connectivity index (χ1) is 7.28. The summed E-state index contributed by atoms with van der Waals surface area (Å²) in [5, 5.41) is 18.2. The van der Waals surface area contributed by atoms with Crippen LogP contribution in [0.25, 0.3) is 0 Å². The van der Waals surface area contributed by atoms with E-state index in [1.165, 1.54) is 0 Å². The van der Waals surface area contributed by atoms with Gasteiger partial charge in [0.25, 0.3) is 0 Å². The van der Waals surface area contributed by atoms with Crippen LogP contribution in [0.5, 0.6) is 0 Å². The van der Waals surface area contributed by atoms with Crippen molar-refractivity contribution in [2.45, 2.75) is 19.8 Å². The molecule has 2 rings (SSSR count).